The number of hydrogen-bond donors (Lipinski definition) is 0. The molecule has 0 atom stereocenters. The molecule has 0 spiro atoms. The third kappa shape index (κ3) is 4.61. The van der Waals surface area contributed by atoms with Gasteiger partial charge in [0.15, 0.2) is 0 Å². The van der Waals surface area contributed by atoms with Crippen LogP contribution in [0.3, 0.4) is 0 Å². The van der Waals surface area contributed by atoms with Crippen LogP contribution in [0.5, 0.6) is 0 Å². The molecule has 0 saturated carbocycles. The van der Waals surface area contributed by atoms with Gasteiger partial charge in [-0.15, -0.1) is 0 Å². The lowest BCUT2D eigenvalue weighted by molar-refractivity contribution is 0.0627. The zero-order valence-corrected chi connectivity index (χ0v) is 11.6. The first-order valence-corrected chi connectivity index (χ1v) is 6.13. The van der Waals surface area contributed by atoms with Crippen molar-refractivity contribution < 1.29 is 18.7 Å². The van der Waals surface area contributed by atoms with E-state index < -0.39 is 0 Å². The van der Waals surface area contributed by atoms with E-state index in [-0.39, 0.29) is 11.7 Å². The Morgan fingerprint density at radius 3 is 2.26 bits per heavy atom. The highest BCUT2D eigenvalue weighted by molar-refractivity contribution is 5.94. The van der Waals surface area contributed by atoms with Gasteiger partial charge in [-0.2, -0.15) is 0 Å². The highest BCUT2D eigenvalue weighted by Crippen LogP contribution is 2.11. The zero-order valence-electron chi connectivity index (χ0n) is 11.6. The van der Waals surface area contributed by atoms with Gasteiger partial charge in [0.25, 0.3) is 5.91 Å². The third-order valence-corrected chi connectivity index (χ3v) is 2.84. The van der Waals surface area contributed by atoms with E-state index in [0.29, 0.717) is 37.4 Å². The molecular formula is C14H20FNO3. The lowest BCUT2D eigenvalue weighted by atomic mass is 10.1. The number of benzene rings is 1. The molecule has 1 amide bonds. The molecule has 0 aromatic heterocycles. The summed E-state index contributed by atoms with van der Waals surface area (Å²) in [5.41, 5.74) is 0.868. The quantitative estimate of drug-likeness (QED) is 0.758. The van der Waals surface area contributed by atoms with E-state index in [0.717, 1.165) is 0 Å². The Morgan fingerprint density at radius 2 is 1.79 bits per heavy atom. The number of aryl methyl sites for hydroxylation is 1. The highest BCUT2D eigenvalue weighted by Gasteiger charge is 2.16. The first-order chi connectivity index (χ1) is 9.10. The Balaban J connectivity index is 2.81. The van der Waals surface area contributed by atoms with Gasteiger partial charge in [0.2, 0.25) is 0 Å². The monoisotopic (exact) mass is 269 g/mol. The summed E-state index contributed by atoms with van der Waals surface area (Å²) in [5, 5.41) is 0. The van der Waals surface area contributed by atoms with E-state index in [4.69, 9.17) is 9.47 Å². The number of halogens is 1. The highest BCUT2D eigenvalue weighted by atomic mass is 19.1. The van der Waals surface area contributed by atoms with E-state index in [1.807, 2.05) is 0 Å². The molecule has 0 unspecified atom stereocenters. The fourth-order valence-corrected chi connectivity index (χ4v) is 1.63. The van der Waals surface area contributed by atoms with Gasteiger partial charge in [0.1, 0.15) is 5.82 Å². The Bertz CT molecular complexity index is 415. The third-order valence-electron chi connectivity index (χ3n) is 2.84. The predicted octanol–water partition coefficient (Wildman–Crippen LogP) is 1.87. The zero-order chi connectivity index (χ0) is 14.3. The molecule has 0 aliphatic carbocycles. The minimum absolute atomic E-state index is 0.215. The first-order valence-electron chi connectivity index (χ1n) is 6.13. The van der Waals surface area contributed by atoms with Crippen LogP contribution in [0.15, 0.2) is 18.2 Å². The average Bonchev–Trinajstić information content (AvgIpc) is 2.41. The summed E-state index contributed by atoms with van der Waals surface area (Å²) < 4.78 is 23.4. The van der Waals surface area contributed by atoms with E-state index in [9.17, 15) is 9.18 Å². The van der Waals surface area contributed by atoms with E-state index >= 15 is 0 Å². The van der Waals surface area contributed by atoms with Crippen molar-refractivity contribution in [1.82, 2.24) is 4.90 Å². The number of carbonyl (C=O) groups excluding carboxylic acids is 1. The van der Waals surface area contributed by atoms with Crippen molar-refractivity contribution in [2.45, 2.75) is 6.92 Å². The van der Waals surface area contributed by atoms with Gasteiger partial charge in [0, 0.05) is 32.9 Å². The van der Waals surface area contributed by atoms with Gasteiger partial charge in [-0.05, 0) is 24.6 Å². The Labute approximate surface area is 113 Å². The molecule has 0 aliphatic rings. The van der Waals surface area contributed by atoms with E-state index in [1.165, 1.54) is 6.07 Å². The number of amides is 1. The van der Waals surface area contributed by atoms with Crippen LogP contribution in [0.25, 0.3) is 0 Å². The fraction of sp³-hybridized carbons (Fsp3) is 0.500. The second kappa shape index (κ2) is 7.86. The minimum Gasteiger partial charge on any atom is -0.383 e. The summed E-state index contributed by atoms with van der Waals surface area (Å²) in [6.07, 6.45) is 0. The number of ether oxygens (including phenoxy) is 2. The molecule has 0 fully saturated rings. The number of carbonyl (C=O) groups is 1. The molecule has 106 valence electrons. The average molecular weight is 269 g/mol. The fourth-order valence-electron chi connectivity index (χ4n) is 1.63. The number of rotatable bonds is 7. The second-order valence-electron chi connectivity index (χ2n) is 4.24. The molecule has 4 nitrogen and oxygen atoms in total. The van der Waals surface area contributed by atoms with Crippen LogP contribution in [0.2, 0.25) is 0 Å². The van der Waals surface area contributed by atoms with Crippen LogP contribution in [0.4, 0.5) is 4.39 Å². The van der Waals surface area contributed by atoms with Crippen LogP contribution in [0.1, 0.15) is 15.9 Å². The Morgan fingerprint density at radius 1 is 1.21 bits per heavy atom. The van der Waals surface area contributed by atoms with Crippen LogP contribution in [-0.4, -0.2) is 51.3 Å². The summed E-state index contributed by atoms with van der Waals surface area (Å²) in [6.45, 7) is 3.44. The predicted molar refractivity (Wildman–Crippen MR) is 70.8 cm³/mol. The van der Waals surface area contributed by atoms with Crippen LogP contribution in [-0.2, 0) is 9.47 Å². The maximum Gasteiger partial charge on any atom is 0.254 e. The van der Waals surface area contributed by atoms with Crippen molar-refractivity contribution in [3.63, 3.8) is 0 Å². The van der Waals surface area contributed by atoms with Crippen molar-refractivity contribution in [2.75, 3.05) is 40.5 Å². The number of hydrogen-bond acceptors (Lipinski definition) is 3. The summed E-state index contributed by atoms with van der Waals surface area (Å²) in [7, 11) is 3.15. The Kier molecular flexibility index (Phi) is 6.45. The minimum atomic E-state index is -0.371. The molecule has 0 bridgehead atoms. The van der Waals surface area contributed by atoms with Gasteiger partial charge in [-0.25, -0.2) is 4.39 Å². The van der Waals surface area contributed by atoms with Crippen LogP contribution < -0.4 is 0 Å². The maximum atomic E-state index is 13.5. The molecule has 0 heterocycles. The number of methoxy groups -OCH3 is 2. The van der Waals surface area contributed by atoms with Gasteiger partial charge >= 0.3 is 0 Å². The van der Waals surface area contributed by atoms with Crippen molar-refractivity contribution in [2.24, 2.45) is 0 Å². The van der Waals surface area contributed by atoms with Crippen LogP contribution >= 0.6 is 0 Å². The smallest absolute Gasteiger partial charge is 0.254 e. The number of nitrogens with zero attached hydrogens (tertiary/aromatic N) is 1. The van der Waals surface area contributed by atoms with Crippen LogP contribution in [0, 0.1) is 12.7 Å². The summed E-state index contributed by atoms with van der Waals surface area (Å²) in [6, 6.07) is 4.50. The lowest BCUT2D eigenvalue weighted by Crippen LogP contribution is -2.36. The standard InChI is InChI=1S/C14H20FNO3/c1-11-4-5-12(10-13(11)15)14(17)16(6-8-18-2)7-9-19-3/h4-5,10H,6-9H2,1-3H3. The molecule has 1 rings (SSSR count). The molecule has 0 N–H and O–H groups in total. The molecule has 1 aromatic rings. The topological polar surface area (TPSA) is 38.8 Å². The van der Waals surface area contributed by atoms with Crippen molar-refractivity contribution in [3.05, 3.63) is 35.1 Å². The molecule has 5 heteroatoms. The van der Waals surface area contributed by atoms with E-state index in [2.05, 4.69) is 0 Å². The lowest BCUT2D eigenvalue weighted by Gasteiger charge is -2.22. The van der Waals surface area contributed by atoms with Gasteiger partial charge < -0.3 is 14.4 Å². The van der Waals surface area contributed by atoms with Gasteiger partial charge in [0.05, 0.1) is 13.2 Å². The largest absolute Gasteiger partial charge is 0.383 e. The van der Waals surface area contributed by atoms with Crippen molar-refractivity contribution in [1.29, 1.82) is 0 Å². The van der Waals surface area contributed by atoms with Crippen molar-refractivity contribution in [3.8, 4) is 0 Å². The summed E-state index contributed by atoms with van der Waals surface area (Å²) in [5.74, 6) is -0.586. The van der Waals surface area contributed by atoms with Gasteiger partial charge in [-0.3, -0.25) is 4.79 Å². The SMILES string of the molecule is COCCN(CCOC)C(=O)c1ccc(C)c(F)c1. The van der Waals surface area contributed by atoms with Gasteiger partial charge in [-0.1, -0.05) is 6.07 Å². The van der Waals surface area contributed by atoms with Crippen molar-refractivity contribution >= 4 is 5.91 Å². The summed E-state index contributed by atoms with van der Waals surface area (Å²) in [4.78, 5) is 13.9. The Hall–Kier alpha value is -1.46. The molecule has 0 saturated heterocycles. The first kappa shape index (κ1) is 15.6. The molecule has 0 radical (unpaired) electrons. The maximum absolute atomic E-state index is 13.5. The molecule has 1 aromatic carbocycles. The second-order valence-corrected chi connectivity index (χ2v) is 4.24. The molecule has 0 aliphatic heterocycles. The molecular weight excluding hydrogens is 249 g/mol. The summed E-state index contributed by atoms with van der Waals surface area (Å²) >= 11 is 0. The normalized spacial score (nSPS) is 10.5. The molecule has 19 heavy (non-hydrogen) atoms. The van der Waals surface area contributed by atoms with E-state index in [1.54, 1.807) is 38.2 Å².